The van der Waals surface area contributed by atoms with Gasteiger partial charge in [-0.15, -0.1) is 0 Å². The first-order chi connectivity index (χ1) is 13.8. The van der Waals surface area contributed by atoms with Gasteiger partial charge in [0.15, 0.2) is 0 Å². The molecule has 0 atom stereocenters. The summed E-state index contributed by atoms with van der Waals surface area (Å²) in [7, 11) is -3.75. The van der Waals surface area contributed by atoms with Gasteiger partial charge in [-0.05, 0) is 73.0 Å². The Labute approximate surface area is 175 Å². The molecule has 1 aliphatic rings. The van der Waals surface area contributed by atoms with Gasteiger partial charge in [-0.2, -0.15) is 0 Å². The second kappa shape index (κ2) is 7.54. The van der Waals surface area contributed by atoms with Gasteiger partial charge < -0.3 is 4.90 Å². The van der Waals surface area contributed by atoms with E-state index in [2.05, 4.69) is 4.72 Å². The molecule has 0 saturated carbocycles. The van der Waals surface area contributed by atoms with E-state index in [1.165, 1.54) is 24.3 Å². The van der Waals surface area contributed by atoms with Crippen LogP contribution in [0, 0.1) is 6.92 Å². The smallest absolute Gasteiger partial charge is 0.261 e. The van der Waals surface area contributed by atoms with Crippen molar-refractivity contribution in [2.75, 3.05) is 16.2 Å². The Morgan fingerprint density at radius 2 is 1.76 bits per heavy atom. The normalized spacial score (nSPS) is 13.2. The largest absolute Gasteiger partial charge is 0.308 e. The summed E-state index contributed by atoms with van der Waals surface area (Å²) < 4.78 is 27.8. The van der Waals surface area contributed by atoms with Gasteiger partial charge in [0.1, 0.15) is 0 Å². The average Bonchev–Trinajstić information content (AvgIpc) is 3.13. The summed E-state index contributed by atoms with van der Waals surface area (Å²) in [5.41, 5.74) is 3.71. The van der Waals surface area contributed by atoms with Crippen LogP contribution in [0.5, 0.6) is 0 Å². The first kappa shape index (κ1) is 19.5. The molecule has 0 spiro atoms. The number of fused-ring (bicyclic) bond motifs is 1. The lowest BCUT2D eigenvalue weighted by molar-refractivity contribution is 0.0989. The molecule has 1 aliphatic heterocycles. The molecule has 5 nitrogen and oxygen atoms in total. The molecule has 4 rings (SSSR count). The minimum Gasteiger partial charge on any atom is -0.308 e. The highest BCUT2D eigenvalue weighted by molar-refractivity contribution is 7.92. The predicted octanol–water partition coefficient (Wildman–Crippen LogP) is 4.65. The fourth-order valence-corrected chi connectivity index (χ4v) is 4.69. The third-order valence-corrected chi connectivity index (χ3v) is 6.61. The summed E-state index contributed by atoms with van der Waals surface area (Å²) in [6, 6.07) is 18.8. The fraction of sp³-hybridized carbons (Fsp3) is 0.136. The lowest BCUT2D eigenvalue weighted by atomic mass is 10.1. The van der Waals surface area contributed by atoms with Gasteiger partial charge in [0, 0.05) is 22.8 Å². The van der Waals surface area contributed by atoms with Crippen LogP contribution >= 0.6 is 11.6 Å². The maximum Gasteiger partial charge on any atom is 0.261 e. The van der Waals surface area contributed by atoms with Crippen LogP contribution in [0.15, 0.2) is 71.6 Å². The van der Waals surface area contributed by atoms with Crippen molar-refractivity contribution in [2.24, 2.45) is 0 Å². The topological polar surface area (TPSA) is 66.5 Å². The highest BCUT2D eigenvalue weighted by Gasteiger charge is 2.25. The van der Waals surface area contributed by atoms with Crippen molar-refractivity contribution in [3.05, 3.63) is 88.4 Å². The summed E-state index contributed by atoms with van der Waals surface area (Å²) >= 11 is 5.83. The molecule has 1 heterocycles. The number of carbonyl (C=O) groups excluding carboxylic acids is 1. The zero-order chi connectivity index (χ0) is 20.6. The van der Waals surface area contributed by atoms with Gasteiger partial charge in [0.2, 0.25) is 0 Å². The van der Waals surface area contributed by atoms with Crippen molar-refractivity contribution in [3.63, 3.8) is 0 Å². The number of amides is 1. The zero-order valence-electron chi connectivity index (χ0n) is 15.7. The number of sulfonamides is 1. The summed E-state index contributed by atoms with van der Waals surface area (Å²) in [6.07, 6.45) is 0.833. The minimum absolute atomic E-state index is 0.0924. The molecule has 1 amide bonds. The van der Waals surface area contributed by atoms with Gasteiger partial charge in [-0.25, -0.2) is 8.42 Å². The molecule has 0 unspecified atom stereocenters. The maximum atomic E-state index is 13.0. The number of hydrogen-bond acceptors (Lipinski definition) is 3. The minimum atomic E-state index is -3.75. The Morgan fingerprint density at radius 1 is 1.03 bits per heavy atom. The van der Waals surface area contributed by atoms with E-state index in [1.54, 1.807) is 30.0 Å². The van der Waals surface area contributed by atoms with E-state index in [1.807, 2.05) is 24.3 Å². The third kappa shape index (κ3) is 3.86. The Morgan fingerprint density at radius 3 is 2.48 bits per heavy atom. The predicted molar refractivity (Wildman–Crippen MR) is 115 cm³/mol. The molecule has 3 aromatic carbocycles. The van der Waals surface area contributed by atoms with Gasteiger partial charge >= 0.3 is 0 Å². The Bertz CT molecular complexity index is 1190. The van der Waals surface area contributed by atoms with Crippen molar-refractivity contribution >= 4 is 38.9 Å². The summed E-state index contributed by atoms with van der Waals surface area (Å²) in [4.78, 5) is 14.9. The summed E-state index contributed by atoms with van der Waals surface area (Å²) in [6.45, 7) is 2.41. The molecular formula is C22H19ClN2O3S. The van der Waals surface area contributed by atoms with Crippen molar-refractivity contribution in [3.8, 4) is 0 Å². The SMILES string of the molecule is Cc1cc(C(=O)N2CCc3ccccc32)ccc1NS(=O)(=O)c1ccc(Cl)cc1. The Hall–Kier alpha value is -2.83. The van der Waals surface area contributed by atoms with E-state index in [4.69, 9.17) is 11.6 Å². The maximum absolute atomic E-state index is 13.0. The monoisotopic (exact) mass is 426 g/mol. The molecule has 29 heavy (non-hydrogen) atoms. The fourth-order valence-electron chi connectivity index (χ4n) is 3.43. The highest BCUT2D eigenvalue weighted by Crippen LogP contribution is 2.30. The molecule has 0 aromatic heterocycles. The number of rotatable bonds is 4. The number of benzene rings is 3. The average molecular weight is 427 g/mol. The van der Waals surface area contributed by atoms with Gasteiger partial charge in [-0.3, -0.25) is 9.52 Å². The van der Waals surface area contributed by atoms with E-state index in [9.17, 15) is 13.2 Å². The van der Waals surface area contributed by atoms with Crippen LogP contribution in [-0.2, 0) is 16.4 Å². The van der Waals surface area contributed by atoms with Crippen LogP contribution in [0.2, 0.25) is 5.02 Å². The van der Waals surface area contributed by atoms with Crippen LogP contribution in [0.1, 0.15) is 21.5 Å². The molecule has 7 heteroatoms. The molecule has 0 bridgehead atoms. The van der Waals surface area contributed by atoms with Crippen LogP contribution in [-0.4, -0.2) is 20.9 Å². The number of nitrogens with one attached hydrogen (secondary N) is 1. The Kier molecular flexibility index (Phi) is 5.06. The zero-order valence-corrected chi connectivity index (χ0v) is 17.3. The van der Waals surface area contributed by atoms with E-state index < -0.39 is 10.0 Å². The molecular weight excluding hydrogens is 408 g/mol. The number of carbonyl (C=O) groups is 1. The molecule has 0 aliphatic carbocycles. The molecule has 0 saturated heterocycles. The molecule has 0 radical (unpaired) electrons. The lowest BCUT2D eigenvalue weighted by Gasteiger charge is -2.18. The number of nitrogens with zero attached hydrogens (tertiary/aromatic N) is 1. The number of aryl methyl sites for hydroxylation is 1. The first-order valence-electron chi connectivity index (χ1n) is 9.14. The van der Waals surface area contributed by atoms with Crippen LogP contribution in [0.3, 0.4) is 0 Å². The van der Waals surface area contributed by atoms with Gasteiger partial charge in [0.05, 0.1) is 10.6 Å². The second-order valence-electron chi connectivity index (χ2n) is 6.92. The number of hydrogen-bond donors (Lipinski definition) is 1. The third-order valence-electron chi connectivity index (χ3n) is 4.97. The van der Waals surface area contributed by atoms with E-state index in [0.29, 0.717) is 28.4 Å². The van der Waals surface area contributed by atoms with Crippen molar-refractivity contribution < 1.29 is 13.2 Å². The number of halogens is 1. The van der Waals surface area contributed by atoms with E-state index in [0.717, 1.165) is 17.7 Å². The highest BCUT2D eigenvalue weighted by atomic mass is 35.5. The van der Waals surface area contributed by atoms with Crippen molar-refractivity contribution in [1.82, 2.24) is 0 Å². The standard InChI is InChI=1S/C22H19ClN2O3S/c1-15-14-17(22(26)25-13-12-16-4-2-3-5-21(16)25)6-11-20(15)24-29(27,28)19-9-7-18(23)8-10-19/h2-11,14,24H,12-13H2,1H3. The van der Waals surface area contributed by atoms with Gasteiger partial charge in [0.25, 0.3) is 15.9 Å². The van der Waals surface area contributed by atoms with E-state index >= 15 is 0 Å². The molecule has 3 aromatic rings. The van der Waals surface area contributed by atoms with Crippen LogP contribution in [0.4, 0.5) is 11.4 Å². The van der Waals surface area contributed by atoms with Crippen LogP contribution < -0.4 is 9.62 Å². The molecule has 0 fully saturated rings. The quantitative estimate of drug-likeness (QED) is 0.660. The second-order valence-corrected chi connectivity index (χ2v) is 9.04. The van der Waals surface area contributed by atoms with Crippen molar-refractivity contribution in [2.45, 2.75) is 18.2 Å². The van der Waals surface area contributed by atoms with Gasteiger partial charge in [-0.1, -0.05) is 29.8 Å². The summed E-state index contributed by atoms with van der Waals surface area (Å²) in [5.74, 6) is -0.0924. The Balaban J connectivity index is 1.57. The molecule has 148 valence electrons. The van der Waals surface area contributed by atoms with E-state index in [-0.39, 0.29) is 10.8 Å². The molecule has 1 N–H and O–H groups in total. The number of anilines is 2. The first-order valence-corrected chi connectivity index (χ1v) is 11.0. The summed E-state index contributed by atoms with van der Waals surface area (Å²) in [5, 5.41) is 0.464. The number of para-hydroxylation sites is 1. The van der Waals surface area contributed by atoms with Crippen molar-refractivity contribution in [1.29, 1.82) is 0 Å². The lowest BCUT2D eigenvalue weighted by Crippen LogP contribution is -2.29. The van der Waals surface area contributed by atoms with Crippen LogP contribution in [0.25, 0.3) is 0 Å².